The summed E-state index contributed by atoms with van der Waals surface area (Å²) in [5.41, 5.74) is 2.19. The van der Waals surface area contributed by atoms with Gasteiger partial charge in [-0.3, -0.25) is 9.69 Å². The van der Waals surface area contributed by atoms with Gasteiger partial charge in [-0.25, -0.2) is 4.98 Å². The summed E-state index contributed by atoms with van der Waals surface area (Å²) in [6, 6.07) is 2.14. The van der Waals surface area contributed by atoms with E-state index in [4.69, 9.17) is 5.26 Å². The van der Waals surface area contributed by atoms with Crippen molar-refractivity contribution in [1.82, 2.24) is 14.8 Å². The molecule has 5 nitrogen and oxygen atoms in total. The SMILES string of the molecule is CC(C#N)N1CCN(C(=O)c2cscn2)CC1. The third-order valence-corrected chi connectivity index (χ3v) is 3.57. The number of hydrogen-bond donors (Lipinski definition) is 0. The van der Waals surface area contributed by atoms with Crippen molar-refractivity contribution in [3.8, 4) is 6.07 Å². The van der Waals surface area contributed by atoms with Gasteiger partial charge in [0, 0.05) is 31.6 Å². The molecule has 1 fully saturated rings. The average molecular weight is 250 g/mol. The van der Waals surface area contributed by atoms with Crippen LogP contribution in [0.4, 0.5) is 0 Å². The molecule has 6 heteroatoms. The van der Waals surface area contributed by atoms with E-state index in [1.165, 1.54) is 11.3 Å². The molecule has 0 aliphatic carbocycles. The van der Waals surface area contributed by atoms with Gasteiger partial charge in [0.05, 0.1) is 17.6 Å². The number of amides is 1. The Bertz CT molecular complexity index is 417. The molecule has 1 aromatic heterocycles. The highest BCUT2D eigenvalue weighted by molar-refractivity contribution is 7.07. The highest BCUT2D eigenvalue weighted by Gasteiger charge is 2.25. The molecule has 0 aromatic carbocycles. The predicted octanol–water partition coefficient (Wildman–Crippen LogP) is 0.813. The number of nitrogens with zero attached hydrogens (tertiary/aromatic N) is 4. The Kier molecular flexibility index (Phi) is 3.71. The fraction of sp³-hybridized carbons (Fsp3) is 0.545. The van der Waals surface area contributed by atoms with Gasteiger partial charge in [-0.1, -0.05) is 0 Å². The standard InChI is InChI=1S/C11H14N4OS/c1-9(6-12)14-2-4-15(5-3-14)11(16)10-7-17-8-13-10/h7-9H,2-5H2,1H3. The summed E-state index contributed by atoms with van der Waals surface area (Å²) in [5.74, 6) is -0.00416. The Balaban J connectivity index is 1.92. The maximum Gasteiger partial charge on any atom is 0.273 e. The average Bonchev–Trinajstić information content (AvgIpc) is 2.91. The van der Waals surface area contributed by atoms with E-state index in [1.54, 1.807) is 15.8 Å². The van der Waals surface area contributed by atoms with Crippen molar-refractivity contribution in [2.24, 2.45) is 0 Å². The summed E-state index contributed by atoms with van der Waals surface area (Å²) in [7, 11) is 0. The molecule has 1 aliphatic heterocycles. The smallest absolute Gasteiger partial charge is 0.273 e. The van der Waals surface area contributed by atoms with Gasteiger partial charge in [0.15, 0.2) is 0 Å². The third-order valence-electron chi connectivity index (χ3n) is 2.99. The normalized spacial score (nSPS) is 18.7. The number of aromatic nitrogens is 1. The number of carbonyl (C=O) groups is 1. The molecule has 90 valence electrons. The van der Waals surface area contributed by atoms with Crippen molar-refractivity contribution in [3.63, 3.8) is 0 Å². The van der Waals surface area contributed by atoms with Crippen LogP contribution in [0.25, 0.3) is 0 Å². The fourth-order valence-electron chi connectivity index (χ4n) is 1.87. The first kappa shape index (κ1) is 12.0. The fourth-order valence-corrected chi connectivity index (χ4v) is 2.40. The lowest BCUT2D eigenvalue weighted by Crippen LogP contribution is -2.51. The summed E-state index contributed by atoms with van der Waals surface area (Å²) >= 11 is 1.43. The van der Waals surface area contributed by atoms with Crippen molar-refractivity contribution in [2.45, 2.75) is 13.0 Å². The third kappa shape index (κ3) is 2.62. The Morgan fingerprint density at radius 3 is 2.76 bits per heavy atom. The maximum atomic E-state index is 12.0. The molecule has 0 saturated carbocycles. The van der Waals surface area contributed by atoms with Crippen LogP contribution in [-0.4, -0.2) is 52.9 Å². The summed E-state index contributed by atoms with van der Waals surface area (Å²) in [4.78, 5) is 19.9. The summed E-state index contributed by atoms with van der Waals surface area (Å²) < 4.78 is 0. The monoisotopic (exact) mass is 250 g/mol. The number of hydrogen-bond acceptors (Lipinski definition) is 5. The Morgan fingerprint density at radius 2 is 2.24 bits per heavy atom. The number of rotatable bonds is 2. The van der Waals surface area contributed by atoms with Gasteiger partial charge < -0.3 is 4.90 Å². The van der Waals surface area contributed by atoms with Crippen LogP contribution >= 0.6 is 11.3 Å². The summed E-state index contributed by atoms with van der Waals surface area (Å²) in [5, 5.41) is 10.6. The van der Waals surface area contributed by atoms with E-state index in [1.807, 2.05) is 6.92 Å². The summed E-state index contributed by atoms with van der Waals surface area (Å²) in [6.45, 7) is 4.73. The molecule has 1 aliphatic rings. The number of carbonyl (C=O) groups excluding carboxylic acids is 1. The number of piperazine rings is 1. The molecule has 2 heterocycles. The highest BCUT2D eigenvalue weighted by Crippen LogP contribution is 2.10. The molecule has 1 saturated heterocycles. The summed E-state index contributed by atoms with van der Waals surface area (Å²) in [6.07, 6.45) is 0. The minimum absolute atomic E-state index is 0.00416. The molecule has 1 amide bonds. The van der Waals surface area contributed by atoms with Crippen LogP contribution in [-0.2, 0) is 0 Å². The quantitative estimate of drug-likeness (QED) is 0.779. The van der Waals surface area contributed by atoms with E-state index in [0.29, 0.717) is 18.8 Å². The van der Waals surface area contributed by atoms with E-state index < -0.39 is 0 Å². The number of thiazole rings is 1. The predicted molar refractivity (Wildman–Crippen MR) is 64.7 cm³/mol. The largest absolute Gasteiger partial charge is 0.335 e. The lowest BCUT2D eigenvalue weighted by atomic mass is 10.2. The Morgan fingerprint density at radius 1 is 1.53 bits per heavy atom. The molecule has 0 radical (unpaired) electrons. The van der Waals surface area contributed by atoms with Crippen molar-refractivity contribution in [3.05, 3.63) is 16.6 Å². The van der Waals surface area contributed by atoms with E-state index >= 15 is 0 Å². The Hall–Kier alpha value is -1.45. The zero-order valence-electron chi connectivity index (χ0n) is 9.67. The van der Waals surface area contributed by atoms with E-state index in [9.17, 15) is 4.79 Å². The minimum atomic E-state index is -0.0773. The molecule has 0 spiro atoms. The van der Waals surface area contributed by atoms with Crippen LogP contribution in [0, 0.1) is 11.3 Å². The van der Waals surface area contributed by atoms with Crippen LogP contribution in [0.15, 0.2) is 10.9 Å². The van der Waals surface area contributed by atoms with Crippen molar-refractivity contribution in [2.75, 3.05) is 26.2 Å². The minimum Gasteiger partial charge on any atom is -0.335 e. The van der Waals surface area contributed by atoms with Crippen LogP contribution in [0.1, 0.15) is 17.4 Å². The van der Waals surface area contributed by atoms with Gasteiger partial charge in [-0.15, -0.1) is 11.3 Å². The maximum absolute atomic E-state index is 12.0. The van der Waals surface area contributed by atoms with Crippen molar-refractivity contribution < 1.29 is 4.79 Å². The van der Waals surface area contributed by atoms with Gasteiger partial charge in [-0.2, -0.15) is 5.26 Å². The molecule has 0 N–H and O–H groups in total. The molecular weight excluding hydrogens is 236 g/mol. The zero-order valence-corrected chi connectivity index (χ0v) is 10.5. The van der Waals surface area contributed by atoms with Crippen LogP contribution in [0.5, 0.6) is 0 Å². The van der Waals surface area contributed by atoms with Crippen LogP contribution in [0.2, 0.25) is 0 Å². The van der Waals surface area contributed by atoms with Crippen LogP contribution < -0.4 is 0 Å². The molecule has 1 aromatic rings. The molecule has 17 heavy (non-hydrogen) atoms. The lowest BCUT2D eigenvalue weighted by molar-refractivity contribution is 0.0611. The topological polar surface area (TPSA) is 60.2 Å². The van der Waals surface area contributed by atoms with Gasteiger partial charge in [-0.05, 0) is 6.92 Å². The van der Waals surface area contributed by atoms with Gasteiger partial charge in [0.25, 0.3) is 5.91 Å². The molecule has 1 atom stereocenters. The molecule has 0 bridgehead atoms. The highest BCUT2D eigenvalue weighted by atomic mass is 32.1. The Labute approximate surface area is 104 Å². The molecule has 2 rings (SSSR count). The first-order chi connectivity index (χ1) is 8.22. The van der Waals surface area contributed by atoms with E-state index in [-0.39, 0.29) is 11.9 Å². The van der Waals surface area contributed by atoms with Crippen molar-refractivity contribution in [1.29, 1.82) is 5.26 Å². The van der Waals surface area contributed by atoms with Gasteiger partial charge >= 0.3 is 0 Å². The van der Waals surface area contributed by atoms with E-state index in [2.05, 4.69) is 16.0 Å². The van der Waals surface area contributed by atoms with Gasteiger partial charge in [0.2, 0.25) is 0 Å². The lowest BCUT2D eigenvalue weighted by Gasteiger charge is -2.35. The second-order valence-corrected chi connectivity index (χ2v) is 4.73. The molecule has 1 unspecified atom stereocenters. The zero-order chi connectivity index (χ0) is 12.3. The number of nitriles is 1. The molecular formula is C11H14N4OS. The van der Waals surface area contributed by atoms with E-state index in [0.717, 1.165) is 13.1 Å². The first-order valence-corrected chi connectivity index (χ1v) is 6.48. The second-order valence-electron chi connectivity index (χ2n) is 4.01. The first-order valence-electron chi connectivity index (χ1n) is 5.53. The van der Waals surface area contributed by atoms with Gasteiger partial charge in [0.1, 0.15) is 5.69 Å². The second kappa shape index (κ2) is 5.25. The van der Waals surface area contributed by atoms with Crippen molar-refractivity contribution >= 4 is 17.2 Å². The van der Waals surface area contributed by atoms with Crippen LogP contribution in [0.3, 0.4) is 0 Å².